The third-order valence-corrected chi connectivity index (χ3v) is 7.03. The van der Waals surface area contributed by atoms with Gasteiger partial charge >= 0.3 is 5.97 Å². The summed E-state index contributed by atoms with van der Waals surface area (Å²) in [6.07, 6.45) is 0. The lowest BCUT2D eigenvalue weighted by Crippen LogP contribution is -2.20. The largest absolute Gasteiger partial charge is 0.497 e. The number of methoxy groups -OCH3 is 2. The number of esters is 1. The molecule has 0 atom stereocenters. The summed E-state index contributed by atoms with van der Waals surface area (Å²) in [5.74, 6) is -1.46. The third-order valence-electron chi connectivity index (χ3n) is 4.37. The number of aryl methyl sites for hydroxylation is 1. The highest BCUT2D eigenvalue weighted by molar-refractivity contribution is 7.92. The Balaban J connectivity index is 1.94. The first-order valence-electron chi connectivity index (χ1n) is 8.95. The fraction of sp³-hybridized carbons (Fsp3) is 0.250. The van der Waals surface area contributed by atoms with Gasteiger partial charge in [0.1, 0.15) is 11.5 Å². The molecule has 0 saturated heterocycles. The van der Waals surface area contributed by atoms with E-state index in [4.69, 9.17) is 9.47 Å². The van der Waals surface area contributed by atoms with Crippen LogP contribution in [0.25, 0.3) is 10.2 Å². The highest BCUT2D eigenvalue weighted by atomic mass is 32.2. The van der Waals surface area contributed by atoms with Gasteiger partial charge in [0, 0.05) is 6.54 Å². The van der Waals surface area contributed by atoms with Gasteiger partial charge in [0.05, 0.1) is 34.9 Å². The van der Waals surface area contributed by atoms with E-state index in [1.807, 2.05) is 6.92 Å². The minimum atomic E-state index is -3.84. The number of nitrogens with zero attached hydrogens (tertiary/aromatic N) is 2. The van der Waals surface area contributed by atoms with Crippen LogP contribution in [0.15, 0.2) is 52.4 Å². The van der Waals surface area contributed by atoms with Crippen LogP contribution < -0.4 is 9.54 Å². The Bertz CT molecular complexity index is 1270. The second kappa shape index (κ2) is 8.80. The smallest absolute Gasteiger partial charge is 0.337 e. The Hall–Kier alpha value is -2.98. The monoisotopic (exact) mass is 448 g/mol. The number of amides is 1. The Morgan fingerprint density at radius 3 is 2.40 bits per heavy atom. The van der Waals surface area contributed by atoms with E-state index in [9.17, 15) is 18.0 Å². The molecule has 1 heterocycles. The van der Waals surface area contributed by atoms with Gasteiger partial charge in [-0.1, -0.05) is 11.3 Å². The van der Waals surface area contributed by atoms with Crippen LogP contribution >= 0.6 is 11.3 Å². The average molecular weight is 449 g/mol. The van der Waals surface area contributed by atoms with Gasteiger partial charge in [-0.25, -0.2) is 13.2 Å². The molecule has 0 spiro atoms. The number of aromatic nitrogens is 1. The van der Waals surface area contributed by atoms with Gasteiger partial charge < -0.3 is 14.0 Å². The van der Waals surface area contributed by atoms with E-state index < -0.39 is 27.5 Å². The summed E-state index contributed by atoms with van der Waals surface area (Å²) in [6, 6.07) is 10.9. The van der Waals surface area contributed by atoms with Gasteiger partial charge in [-0.2, -0.15) is 4.99 Å². The number of ether oxygens (including phenoxy) is 2. The van der Waals surface area contributed by atoms with Crippen molar-refractivity contribution in [3.63, 3.8) is 0 Å². The molecule has 0 bridgehead atoms. The number of fused-ring (bicyclic) bond motifs is 1. The molecule has 158 valence electrons. The Morgan fingerprint density at radius 1 is 1.10 bits per heavy atom. The lowest BCUT2D eigenvalue weighted by Gasteiger charge is -2.04. The minimum absolute atomic E-state index is 0.0225. The summed E-state index contributed by atoms with van der Waals surface area (Å²) in [5, 5.41) is 0. The van der Waals surface area contributed by atoms with Gasteiger partial charge in [-0.05, 0) is 49.4 Å². The molecule has 1 amide bonds. The normalized spacial score (nSPS) is 12.2. The molecule has 8 nitrogen and oxygen atoms in total. The van der Waals surface area contributed by atoms with Crippen molar-refractivity contribution in [2.45, 2.75) is 18.4 Å². The fourth-order valence-corrected chi connectivity index (χ4v) is 5.13. The Morgan fingerprint density at radius 2 is 1.80 bits per heavy atom. The molecule has 30 heavy (non-hydrogen) atoms. The molecule has 0 saturated carbocycles. The molecule has 0 aliphatic rings. The van der Waals surface area contributed by atoms with Gasteiger partial charge in [-0.15, -0.1) is 0 Å². The zero-order chi connectivity index (χ0) is 21.9. The first-order valence-corrected chi connectivity index (χ1v) is 11.4. The van der Waals surface area contributed by atoms with Crippen molar-refractivity contribution < 1.29 is 27.5 Å². The summed E-state index contributed by atoms with van der Waals surface area (Å²) < 4.78 is 37.3. The number of sulfone groups is 1. The van der Waals surface area contributed by atoms with Crippen molar-refractivity contribution >= 4 is 43.3 Å². The van der Waals surface area contributed by atoms with Crippen LogP contribution in [0.5, 0.6) is 5.75 Å². The SMILES string of the molecule is CCn1c(=NC(=O)CS(=O)(=O)c2ccc(OC)cc2)sc2cc(C(=O)OC)ccc21. The Kier molecular flexibility index (Phi) is 6.37. The van der Waals surface area contributed by atoms with Crippen LogP contribution in [0.4, 0.5) is 0 Å². The van der Waals surface area contributed by atoms with Gasteiger partial charge in [0.25, 0.3) is 5.91 Å². The highest BCUT2D eigenvalue weighted by Crippen LogP contribution is 2.20. The lowest BCUT2D eigenvalue weighted by atomic mass is 10.2. The van der Waals surface area contributed by atoms with E-state index in [1.54, 1.807) is 22.8 Å². The maximum atomic E-state index is 12.5. The van der Waals surface area contributed by atoms with Crippen LogP contribution in [0.1, 0.15) is 17.3 Å². The second-order valence-electron chi connectivity index (χ2n) is 6.24. The highest BCUT2D eigenvalue weighted by Gasteiger charge is 2.20. The Labute approximate surface area is 177 Å². The molecule has 2 aromatic carbocycles. The summed E-state index contributed by atoms with van der Waals surface area (Å²) in [6.45, 7) is 2.41. The van der Waals surface area contributed by atoms with Gasteiger partial charge in [-0.3, -0.25) is 4.79 Å². The summed E-state index contributed by atoms with van der Waals surface area (Å²) in [7, 11) is -1.06. The predicted molar refractivity (Wildman–Crippen MR) is 112 cm³/mol. The fourth-order valence-electron chi connectivity index (χ4n) is 2.88. The van der Waals surface area contributed by atoms with Crippen LogP contribution in [0, 0.1) is 0 Å². The average Bonchev–Trinajstić information content (AvgIpc) is 3.08. The van der Waals surface area contributed by atoms with Crippen molar-refractivity contribution in [2.24, 2.45) is 4.99 Å². The number of rotatable bonds is 6. The molecule has 1 aromatic heterocycles. The molecule has 0 aliphatic heterocycles. The summed E-state index contributed by atoms with van der Waals surface area (Å²) in [5.41, 5.74) is 1.18. The number of thiazole rings is 1. The van der Waals surface area contributed by atoms with Crippen LogP contribution in [-0.4, -0.2) is 44.8 Å². The van der Waals surface area contributed by atoms with Crippen molar-refractivity contribution in [3.8, 4) is 5.75 Å². The molecule has 10 heteroatoms. The molecule has 3 aromatic rings. The van der Waals surface area contributed by atoms with Crippen molar-refractivity contribution in [3.05, 3.63) is 52.8 Å². The molecule has 3 rings (SSSR count). The molecule has 0 fully saturated rings. The number of hydrogen-bond acceptors (Lipinski definition) is 7. The molecule has 0 radical (unpaired) electrons. The quantitative estimate of drug-likeness (QED) is 0.537. The lowest BCUT2D eigenvalue weighted by molar-refractivity contribution is -0.115. The van der Waals surface area contributed by atoms with Gasteiger partial charge in [0.15, 0.2) is 14.6 Å². The zero-order valence-corrected chi connectivity index (χ0v) is 18.2. The van der Waals surface area contributed by atoms with E-state index >= 15 is 0 Å². The molecule has 0 N–H and O–H groups in total. The van der Waals surface area contributed by atoms with Crippen LogP contribution in [-0.2, 0) is 25.9 Å². The number of benzene rings is 2. The topological polar surface area (TPSA) is 104 Å². The van der Waals surface area contributed by atoms with Crippen molar-refractivity contribution in [1.82, 2.24) is 4.57 Å². The number of carbonyl (C=O) groups excluding carboxylic acids is 2. The van der Waals surface area contributed by atoms with E-state index in [1.165, 1.54) is 49.8 Å². The number of carbonyl (C=O) groups is 2. The maximum Gasteiger partial charge on any atom is 0.337 e. The summed E-state index contributed by atoms with van der Waals surface area (Å²) in [4.78, 5) is 28.6. The number of hydrogen-bond donors (Lipinski definition) is 0. The first-order chi connectivity index (χ1) is 14.3. The summed E-state index contributed by atoms with van der Waals surface area (Å²) >= 11 is 1.20. The van der Waals surface area contributed by atoms with Crippen LogP contribution in [0.2, 0.25) is 0 Å². The van der Waals surface area contributed by atoms with E-state index in [2.05, 4.69) is 4.99 Å². The van der Waals surface area contributed by atoms with E-state index in [0.717, 1.165) is 10.2 Å². The molecular formula is C20H20N2O6S2. The molecule has 0 unspecified atom stereocenters. The molecular weight excluding hydrogens is 428 g/mol. The van der Waals surface area contributed by atoms with Crippen LogP contribution in [0.3, 0.4) is 0 Å². The van der Waals surface area contributed by atoms with Crippen molar-refractivity contribution in [1.29, 1.82) is 0 Å². The van der Waals surface area contributed by atoms with Crippen molar-refractivity contribution in [2.75, 3.05) is 20.0 Å². The third kappa shape index (κ3) is 4.44. The minimum Gasteiger partial charge on any atom is -0.497 e. The maximum absolute atomic E-state index is 12.5. The van der Waals surface area contributed by atoms with E-state index in [-0.39, 0.29) is 4.90 Å². The second-order valence-corrected chi connectivity index (χ2v) is 9.24. The zero-order valence-electron chi connectivity index (χ0n) is 16.6. The molecule has 0 aliphatic carbocycles. The standard InChI is InChI=1S/C20H20N2O6S2/c1-4-22-16-10-5-13(19(24)28-3)11-17(16)29-20(22)21-18(23)12-30(25,26)15-8-6-14(27-2)7-9-15/h5-11H,4,12H2,1-3H3. The van der Waals surface area contributed by atoms with E-state index in [0.29, 0.717) is 22.7 Å². The van der Waals surface area contributed by atoms with Gasteiger partial charge in [0.2, 0.25) is 0 Å². The first kappa shape index (κ1) is 21.7. The predicted octanol–water partition coefficient (Wildman–Crippen LogP) is 2.42.